The number of benzene rings is 1. The first-order chi connectivity index (χ1) is 11.2. The van der Waals surface area contributed by atoms with E-state index in [1.54, 1.807) is 26.0 Å². The van der Waals surface area contributed by atoms with Crippen molar-refractivity contribution in [2.75, 3.05) is 26.4 Å². The lowest BCUT2D eigenvalue weighted by molar-refractivity contribution is -0.146. The molecule has 0 atom stereocenters. The predicted molar refractivity (Wildman–Crippen MR) is 82.3 cm³/mol. The van der Waals surface area contributed by atoms with Crippen LogP contribution in [0.2, 0.25) is 0 Å². The van der Waals surface area contributed by atoms with E-state index in [-0.39, 0.29) is 18.8 Å². The van der Waals surface area contributed by atoms with Gasteiger partial charge in [0.15, 0.2) is 6.29 Å². The van der Waals surface area contributed by atoms with E-state index in [1.165, 1.54) is 6.08 Å². The largest absolute Gasteiger partial charge is 0.462 e. The molecular weight excluding hydrogens is 300 g/mol. The molecule has 1 saturated heterocycles. The van der Waals surface area contributed by atoms with Crippen molar-refractivity contribution in [1.29, 1.82) is 0 Å². The van der Waals surface area contributed by atoms with E-state index in [1.807, 2.05) is 12.1 Å². The third kappa shape index (κ3) is 4.40. The molecule has 0 aliphatic carbocycles. The van der Waals surface area contributed by atoms with Crippen molar-refractivity contribution in [3.63, 3.8) is 0 Å². The molecule has 0 amide bonds. The van der Waals surface area contributed by atoms with Crippen LogP contribution in [0.4, 0.5) is 0 Å². The number of rotatable bonds is 6. The van der Waals surface area contributed by atoms with Crippen molar-refractivity contribution in [3.8, 4) is 0 Å². The van der Waals surface area contributed by atoms with Gasteiger partial charge in [-0.2, -0.15) is 0 Å². The van der Waals surface area contributed by atoms with Crippen LogP contribution in [0.1, 0.15) is 31.3 Å². The second-order valence-electron chi connectivity index (χ2n) is 4.70. The normalized spacial score (nSPS) is 14.3. The van der Waals surface area contributed by atoms with Gasteiger partial charge in [0.05, 0.1) is 26.4 Å². The molecule has 23 heavy (non-hydrogen) atoms. The first kappa shape index (κ1) is 17.2. The van der Waals surface area contributed by atoms with Crippen molar-refractivity contribution < 1.29 is 28.5 Å². The molecule has 1 aromatic rings. The smallest absolute Gasteiger partial charge is 0.345 e. The maximum Gasteiger partial charge on any atom is 0.345 e. The molecule has 124 valence electrons. The molecule has 1 aliphatic rings. The Hall–Kier alpha value is -2.18. The zero-order chi connectivity index (χ0) is 16.7. The van der Waals surface area contributed by atoms with Crippen LogP contribution in [-0.4, -0.2) is 38.4 Å². The molecule has 0 bridgehead atoms. The fourth-order valence-corrected chi connectivity index (χ4v) is 2.17. The van der Waals surface area contributed by atoms with Gasteiger partial charge in [-0.3, -0.25) is 0 Å². The standard InChI is InChI=1S/C17H20O6/c1-3-20-15(18)14(16(19)21-4-2)11-12-7-5-6-8-13(12)17-22-9-10-23-17/h5-8,11,17H,3-4,9-10H2,1-2H3. The Morgan fingerprint density at radius 3 is 2.22 bits per heavy atom. The molecule has 6 nitrogen and oxygen atoms in total. The summed E-state index contributed by atoms with van der Waals surface area (Å²) < 4.78 is 20.9. The highest BCUT2D eigenvalue weighted by Gasteiger charge is 2.24. The maximum atomic E-state index is 12.0. The molecule has 1 aromatic carbocycles. The highest BCUT2D eigenvalue weighted by atomic mass is 16.7. The molecule has 1 fully saturated rings. The van der Waals surface area contributed by atoms with E-state index in [2.05, 4.69) is 0 Å². The summed E-state index contributed by atoms with van der Waals surface area (Å²) in [6.45, 7) is 4.71. The van der Waals surface area contributed by atoms with Gasteiger partial charge >= 0.3 is 11.9 Å². The lowest BCUT2D eigenvalue weighted by Gasteiger charge is -2.13. The minimum atomic E-state index is -0.714. The van der Waals surface area contributed by atoms with Crippen molar-refractivity contribution in [2.45, 2.75) is 20.1 Å². The minimum Gasteiger partial charge on any atom is -0.462 e. The van der Waals surface area contributed by atoms with Gasteiger partial charge in [0, 0.05) is 5.56 Å². The lowest BCUT2D eigenvalue weighted by Crippen LogP contribution is -2.18. The van der Waals surface area contributed by atoms with E-state index in [4.69, 9.17) is 18.9 Å². The number of carbonyl (C=O) groups is 2. The predicted octanol–water partition coefficient (Wildman–Crippen LogP) is 2.24. The molecule has 1 aliphatic heterocycles. The second kappa shape index (κ2) is 8.45. The van der Waals surface area contributed by atoms with Crippen molar-refractivity contribution in [1.82, 2.24) is 0 Å². The fraction of sp³-hybridized carbons (Fsp3) is 0.412. The Kier molecular flexibility index (Phi) is 6.31. The zero-order valence-corrected chi connectivity index (χ0v) is 13.2. The molecule has 0 unspecified atom stereocenters. The van der Waals surface area contributed by atoms with Crippen molar-refractivity contribution in [3.05, 3.63) is 41.0 Å². The molecule has 0 saturated carbocycles. The van der Waals surface area contributed by atoms with Crippen LogP contribution in [0.15, 0.2) is 29.8 Å². The Morgan fingerprint density at radius 2 is 1.65 bits per heavy atom. The number of hydrogen-bond acceptors (Lipinski definition) is 6. The van der Waals surface area contributed by atoms with Gasteiger partial charge in [0.1, 0.15) is 5.57 Å². The van der Waals surface area contributed by atoms with Crippen LogP contribution in [-0.2, 0) is 28.5 Å². The van der Waals surface area contributed by atoms with Gasteiger partial charge < -0.3 is 18.9 Å². The van der Waals surface area contributed by atoms with Crippen LogP contribution in [0.3, 0.4) is 0 Å². The van der Waals surface area contributed by atoms with Crippen LogP contribution in [0.25, 0.3) is 6.08 Å². The van der Waals surface area contributed by atoms with Crippen LogP contribution < -0.4 is 0 Å². The van der Waals surface area contributed by atoms with E-state index in [0.717, 1.165) is 5.56 Å². The molecular formula is C17H20O6. The molecule has 1 heterocycles. The first-order valence-electron chi connectivity index (χ1n) is 7.55. The maximum absolute atomic E-state index is 12.0. The van der Waals surface area contributed by atoms with Gasteiger partial charge in [-0.15, -0.1) is 0 Å². The molecule has 0 spiro atoms. The van der Waals surface area contributed by atoms with E-state index < -0.39 is 18.2 Å². The summed E-state index contributed by atoms with van der Waals surface area (Å²) in [5, 5.41) is 0. The lowest BCUT2D eigenvalue weighted by atomic mass is 10.0. The van der Waals surface area contributed by atoms with Crippen molar-refractivity contribution >= 4 is 18.0 Å². The molecule has 2 rings (SSSR count). The third-order valence-electron chi connectivity index (χ3n) is 3.16. The van der Waals surface area contributed by atoms with Gasteiger partial charge in [-0.05, 0) is 25.5 Å². The van der Waals surface area contributed by atoms with E-state index in [0.29, 0.717) is 18.8 Å². The SMILES string of the molecule is CCOC(=O)C(=Cc1ccccc1C1OCCO1)C(=O)OCC. The molecule has 0 radical (unpaired) electrons. The van der Waals surface area contributed by atoms with Crippen molar-refractivity contribution in [2.24, 2.45) is 0 Å². The average Bonchev–Trinajstić information content (AvgIpc) is 3.07. The Balaban J connectivity index is 2.37. The number of ether oxygens (including phenoxy) is 4. The third-order valence-corrected chi connectivity index (χ3v) is 3.16. The summed E-state index contributed by atoms with van der Waals surface area (Å²) in [5.41, 5.74) is 1.24. The van der Waals surface area contributed by atoms with E-state index in [9.17, 15) is 9.59 Å². The van der Waals surface area contributed by atoms with Crippen LogP contribution in [0.5, 0.6) is 0 Å². The molecule has 0 aromatic heterocycles. The second-order valence-corrected chi connectivity index (χ2v) is 4.70. The van der Waals surface area contributed by atoms with Crippen LogP contribution in [0, 0.1) is 0 Å². The number of hydrogen-bond donors (Lipinski definition) is 0. The quantitative estimate of drug-likeness (QED) is 0.346. The van der Waals surface area contributed by atoms with Gasteiger partial charge in [-0.25, -0.2) is 9.59 Å². The summed E-state index contributed by atoms with van der Waals surface area (Å²) in [6.07, 6.45) is 0.948. The van der Waals surface area contributed by atoms with Gasteiger partial charge in [0.2, 0.25) is 0 Å². The molecule has 6 heteroatoms. The van der Waals surface area contributed by atoms with E-state index >= 15 is 0 Å². The highest BCUT2D eigenvalue weighted by molar-refractivity contribution is 6.17. The Bertz CT molecular complexity index is 567. The fourth-order valence-electron chi connectivity index (χ4n) is 2.17. The monoisotopic (exact) mass is 320 g/mol. The summed E-state index contributed by atoms with van der Waals surface area (Å²) in [5.74, 6) is -1.43. The minimum absolute atomic E-state index is 0.154. The van der Waals surface area contributed by atoms with Gasteiger partial charge in [-0.1, -0.05) is 24.3 Å². The first-order valence-corrected chi connectivity index (χ1v) is 7.55. The Morgan fingerprint density at radius 1 is 1.09 bits per heavy atom. The summed E-state index contributed by atoms with van der Waals surface area (Å²) in [4.78, 5) is 24.1. The summed E-state index contributed by atoms with van der Waals surface area (Å²) >= 11 is 0. The highest BCUT2D eigenvalue weighted by Crippen LogP contribution is 2.28. The average molecular weight is 320 g/mol. The Labute approximate surface area is 135 Å². The summed E-state index contributed by atoms with van der Waals surface area (Å²) in [7, 11) is 0. The molecule has 0 N–H and O–H groups in total. The number of carbonyl (C=O) groups excluding carboxylic acids is 2. The zero-order valence-electron chi connectivity index (χ0n) is 13.2. The number of esters is 2. The van der Waals surface area contributed by atoms with Crippen LogP contribution >= 0.6 is 0 Å². The topological polar surface area (TPSA) is 71.1 Å². The van der Waals surface area contributed by atoms with Gasteiger partial charge in [0.25, 0.3) is 0 Å². The summed E-state index contributed by atoms with van der Waals surface area (Å²) in [6, 6.07) is 7.25.